The lowest BCUT2D eigenvalue weighted by atomic mass is 10.3. The lowest BCUT2D eigenvalue weighted by Gasteiger charge is -2.44. The van der Waals surface area contributed by atoms with Crippen molar-refractivity contribution < 1.29 is 77.7 Å². The maximum absolute atomic E-state index is 13.1. The number of benzene rings is 2. The van der Waals surface area contributed by atoms with Crippen LogP contribution in [0.5, 0.6) is 0 Å². The second kappa shape index (κ2) is 6.38. The molecule has 27 heteroatoms. The molecule has 0 unspecified atom stereocenters. The van der Waals surface area contributed by atoms with Gasteiger partial charge in [0.05, 0.1) is 0 Å². The second-order valence-corrected chi connectivity index (χ2v) is 17.9. The normalized spacial score (nSPS) is 20.7. The summed E-state index contributed by atoms with van der Waals surface area (Å²) in [5.74, 6) is 0. The number of nitrogens with one attached hydrogen (secondary N) is 2. The molecule has 0 spiro atoms. The van der Waals surface area contributed by atoms with Crippen LogP contribution in [0.4, 0.5) is 89.1 Å². The minimum atomic E-state index is -11.2. The first-order valence-corrected chi connectivity index (χ1v) is 16.8. The summed E-state index contributed by atoms with van der Waals surface area (Å²) in [5, 5.41) is 0.204. The van der Waals surface area contributed by atoms with Gasteiger partial charge in [0.1, 0.15) is 19.6 Å². The van der Waals surface area contributed by atoms with E-state index in [0.29, 0.717) is 0 Å². The number of anilines is 2. The van der Waals surface area contributed by atoms with Crippen molar-refractivity contribution in [3.8, 4) is 0 Å². The molecule has 0 radical (unpaired) electrons. The highest BCUT2D eigenvalue weighted by Crippen LogP contribution is 3.06. The molecule has 0 aliphatic heterocycles. The molecule has 0 fully saturated rings. The summed E-state index contributed by atoms with van der Waals surface area (Å²) in [6, 6.07) is -7.29. The molecule has 2 rings (SSSR count). The van der Waals surface area contributed by atoms with Gasteiger partial charge in [-0.3, -0.25) is 0 Å². The van der Waals surface area contributed by atoms with E-state index < -0.39 is 113 Å². The summed E-state index contributed by atoms with van der Waals surface area (Å²) < 4.78 is 261. The van der Waals surface area contributed by atoms with Crippen LogP contribution in [0.15, 0.2) is 56.0 Å². The van der Waals surface area contributed by atoms with E-state index in [9.17, 15) is 77.7 Å². The highest BCUT2D eigenvalue weighted by molar-refractivity contribution is 8.47. The summed E-state index contributed by atoms with van der Waals surface area (Å²) >= 11 is 4.13. The molecular weight excluding hydrogens is 724 g/mol. The molecule has 0 bridgehead atoms. The van der Waals surface area contributed by atoms with E-state index in [-0.39, 0.29) is 0 Å². The fourth-order valence-electron chi connectivity index (χ4n) is 2.47. The predicted octanol–water partition coefficient (Wildman–Crippen LogP) is 14.1. The van der Waals surface area contributed by atoms with Gasteiger partial charge >= 0.3 is 40.9 Å². The van der Waals surface area contributed by atoms with Crippen molar-refractivity contribution in [3.05, 3.63) is 36.4 Å². The highest BCUT2D eigenvalue weighted by atomic mass is 32.5. The molecule has 0 saturated heterocycles. The van der Waals surface area contributed by atoms with Gasteiger partial charge < -0.3 is 10.6 Å². The van der Waals surface area contributed by atoms with Crippen LogP contribution in [-0.2, 0) is 0 Å². The Balaban J connectivity index is 2.72. The van der Waals surface area contributed by atoms with Crippen LogP contribution in [0.1, 0.15) is 0 Å². The molecule has 0 aliphatic carbocycles. The van der Waals surface area contributed by atoms with Crippen molar-refractivity contribution in [3.63, 3.8) is 0 Å². The average molecular weight is 733 g/mol. The molecule has 2 nitrogen and oxygen atoms in total. The lowest BCUT2D eigenvalue weighted by molar-refractivity contribution is 0.353. The van der Waals surface area contributed by atoms with Crippen molar-refractivity contribution in [2.24, 2.45) is 0 Å². The van der Waals surface area contributed by atoms with Crippen LogP contribution >= 0.6 is 53.1 Å². The third-order valence-corrected chi connectivity index (χ3v) is 8.77. The first-order chi connectivity index (χ1) is 16.2. The van der Waals surface area contributed by atoms with Gasteiger partial charge in [-0.25, -0.2) is 0 Å². The van der Waals surface area contributed by atoms with Crippen LogP contribution in [0, 0.1) is 0 Å². The minimum Gasteiger partial charge on any atom is -0.332 e. The zero-order valence-electron chi connectivity index (χ0n) is 17.6. The van der Waals surface area contributed by atoms with Crippen molar-refractivity contribution in [2.45, 2.75) is 19.6 Å². The lowest BCUT2D eigenvalue weighted by Crippen LogP contribution is -2.21. The molecule has 40 heavy (non-hydrogen) atoms. The van der Waals surface area contributed by atoms with Crippen LogP contribution in [0.2, 0.25) is 0 Å². The van der Waals surface area contributed by atoms with Crippen molar-refractivity contribution >= 4 is 69.6 Å². The Kier molecular flexibility index (Phi) is 5.48. The number of hydrogen-bond acceptors (Lipinski definition) is 1. The van der Waals surface area contributed by atoms with Crippen LogP contribution in [0.25, 0.3) is 0 Å². The van der Waals surface area contributed by atoms with Gasteiger partial charge in [-0.15, -0.1) is 0 Å². The Morgan fingerprint density at radius 2 is 0.550 bits per heavy atom. The third kappa shape index (κ3) is 9.07. The molecule has 0 aromatic heterocycles. The maximum atomic E-state index is 13.1. The Bertz CT molecular complexity index is 1250. The summed E-state index contributed by atoms with van der Waals surface area (Å²) in [6.45, 7) is 0. The summed E-state index contributed by atoms with van der Waals surface area (Å²) in [4.78, 5) is -14.5. The number of halogens is 20. The molecule has 2 aromatic rings. The molecule has 2 N–H and O–H groups in total. The van der Waals surface area contributed by atoms with E-state index in [4.69, 9.17) is 0 Å². The van der Waals surface area contributed by atoms with E-state index in [2.05, 4.69) is 12.2 Å². The Morgan fingerprint density at radius 1 is 0.375 bits per heavy atom. The standard InChI is InChI=1S/C13H8F20N2S5/c14-37(15,16,17,18)9-1-7(2-10(5-9)38(19,20,21,22)23)34-13(36)35-8-3-11(39(24,25,26,27)28)6-12(4-8)40(29,30,31,32)33/h1-6H,(H2,34,35,36). The smallest absolute Gasteiger partial charge is 0.310 e. The quantitative estimate of drug-likeness (QED) is 0.228. The summed E-state index contributed by atoms with van der Waals surface area (Å²) in [7, 11) is -44.9. The van der Waals surface area contributed by atoms with E-state index in [1.807, 2.05) is 0 Å². The second-order valence-electron chi connectivity index (χ2n) is 7.84. The molecule has 0 heterocycles. The maximum Gasteiger partial charge on any atom is 0.310 e. The van der Waals surface area contributed by atoms with Gasteiger partial charge in [0.25, 0.3) is 0 Å². The van der Waals surface area contributed by atoms with E-state index in [1.54, 1.807) is 0 Å². The van der Waals surface area contributed by atoms with Crippen LogP contribution in [-0.4, -0.2) is 5.11 Å². The van der Waals surface area contributed by atoms with Gasteiger partial charge in [-0.05, 0) is 48.6 Å². The average Bonchev–Trinajstić information content (AvgIpc) is 2.53. The van der Waals surface area contributed by atoms with Gasteiger partial charge in [0.2, 0.25) is 0 Å². The fourth-order valence-corrected chi connectivity index (χ4v) is 5.65. The van der Waals surface area contributed by atoms with Gasteiger partial charge in [0, 0.05) is 11.4 Å². The monoisotopic (exact) mass is 732 g/mol. The molecular formula is C13H8F20N2S5. The van der Waals surface area contributed by atoms with Crippen molar-refractivity contribution in [2.75, 3.05) is 10.6 Å². The Labute approximate surface area is 214 Å². The zero-order chi connectivity index (χ0) is 32.3. The fraction of sp³-hybridized carbons (Fsp3) is 0. The molecule has 0 saturated carbocycles. The van der Waals surface area contributed by atoms with Crippen molar-refractivity contribution in [1.82, 2.24) is 0 Å². The first kappa shape index (κ1) is 34.3. The topological polar surface area (TPSA) is 24.1 Å². The van der Waals surface area contributed by atoms with E-state index in [1.165, 1.54) is 0 Å². The molecule has 0 atom stereocenters. The third-order valence-electron chi connectivity index (χ3n) is 4.06. The van der Waals surface area contributed by atoms with Gasteiger partial charge in [-0.2, -0.15) is 0 Å². The number of thiocarbonyl (C=S) groups is 1. The molecule has 2 aromatic carbocycles. The summed E-state index contributed by atoms with van der Waals surface area (Å²) in [5.41, 5.74) is -4.16. The van der Waals surface area contributed by atoms with E-state index >= 15 is 0 Å². The Morgan fingerprint density at radius 3 is 0.700 bits per heavy atom. The molecule has 0 aliphatic rings. The molecule has 0 amide bonds. The SMILES string of the molecule is FS(F)(F)(F)(F)c1cc(NC(=S)Nc2cc(S(F)(F)(F)(F)F)cc(S(F)(F)(F)(F)F)c2)cc(S(F)(F)(F)(F)F)c1. The molecule has 240 valence electrons. The Hall–Kier alpha value is -1.87. The van der Waals surface area contributed by atoms with Crippen LogP contribution in [0.3, 0.4) is 0 Å². The van der Waals surface area contributed by atoms with Crippen molar-refractivity contribution in [1.29, 1.82) is 0 Å². The number of hydrogen-bond donors (Lipinski definition) is 2. The minimum absolute atomic E-state index is 0.978. The van der Waals surface area contributed by atoms with E-state index in [0.717, 1.165) is 10.6 Å². The zero-order valence-corrected chi connectivity index (χ0v) is 21.6. The van der Waals surface area contributed by atoms with Crippen LogP contribution < -0.4 is 10.6 Å². The predicted molar refractivity (Wildman–Crippen MR) is 118 cm³/mol. The largest absolute Gasteiger partial charge is 0.332 e. The number of rotatable bonds is 6. The van der Waals surface area contributed by atoms with Gasteiger partial charge in [-0.1, -0.05) is 77.7 Å². The first-order valence-electron chi connectivity index (χ1n) is 8.57. The summed E-state index contributed by atoms with van der Waals surface area (Å²) in [6.07, 6.45) is 0. The highest BCUT2D eigenvalue weighted by Gasteiger charge is 2.71. The van der Waals surface area contributed by atoms with Gasteiger partial charge in [0.15, 0.2) is 5.11 Å².